The van der Waals surface area contributed by atoms with Crippen molar-refractivity contribution in [2.75, 3.05) is 6.61 Å². The quantitative estimate of drug-likeness (QED) is 0.663. The normalized spacial score (nSPS) is 12.4. The SMILES string of the molecule is CC(=NNC(=O)COc1ccc(C(C)C)cc1)C(C)(C)C. The van der Waals surface area contributed by atoms with Crippen LogP contribution in [-0.2, 0) is 4.79 Å². The van der Waals surface area contributed by atoms with Gasteiger partial charge < -0.3 is 4.74 Å². The van der Waals surface area contributed by atoms with Crippen LogP contribution in [0.1, 0.15) is 53.0 Å². The fourth-order valence-corrected chi connectivity index (χ4v) is 1.44. The number of benzene rings is 1. The van der Waals surface area contributed by atoms with Gasteiger partial charge in [0, 0.05) is 11.1 Å². The number of hydrogen-bond acceptors (Lipinski definition) is 3. The van der Waals surface area contributed by atoms with Crippen LogP contribution in [0.3, 0.4) is 0 Å². The Labute approximate surface area is 127 Å². The molecule has 0 aliphatic rings. The van der Waals surface area contributed by atoms with E-state index in [0.717, 1.165) is 5.71 Å². The number of carbonyl (C=O) groups is 1. The average molecular weight is 290 g/mol. The molecule has 21 heavy (non-hydrogen) atoms. The van der Waals surface area contributed by atoms with E-state index in [1.807, 2.05) is 52.0 Å². The van der Waals surface area contributed by atoms with Crippen LogP contribution in [0.4, 0.5) is 0 Å². The molecule has 4 heteroatoms. The third-order valence-corrected chi connectivity index (χ3v) is 3.35. The number of hydrazone groups is 1. The second-order valence-corrected chi connectivity index (χ2v) is 6.49. The van der Waals surface area contributed by atoms with Gasteiger partial charge in [-0.2, -0.15) is 5.10 Å². The Morgan fingerprint density at radius 1 is 1.24 bits per heavy atom. The Morgan fingerprint density at radius 2 is 1.81 bits per heavy atom. The van der Waals surface area contributed by atoms with Gasteiger partial charge in [-0.1, -0.05) is 46.8 Å². The Morgan fingerprint density at radius 3 is 2.29 bits per heavy atom. The van der Waals surface area contributed by atoms with Gasteiger partial charge in [0.05, 0.1) is 0 Å². The highest BCUT2D eigenvalue weighted by atomic mass is 16.5. The minimum atomic E-state index is -0.258. The number of rotatable bonds is 5. The molecule has 1 rings (SSSR count). The summed E-state index contributed by atoms with van der Waals surface area (Å²) in [6, 6.07) is 7.79. The summed E-state index contributed by atoms with van der Waals surface area (Å²) in [4.78, 5) is 11.7. The molecule has 1 aromatic carbocycles. The standard InChI is InChI=1S/C17H26N2O2/c1-12(2)14-7-9-15(10-8-14)21-11-16(20)19-18-13(3)17(4,5)6/h7-10,12H,11H2,1-6H3,(H,19,20). The van der Waals surface area contributed by atoms with Gasteiger partial charge in [-0.15, -0.1) is 0 Å². The fourth-order valence-electron chi connectivity index (χ4n) is 1.44. The van der Waals surface area contributed by atoms with Crippen LogP contribution in [0.5, 0.6) is 5.75 Å². The first-order chi connectivity index (χ1) is 9.70. The Bertz CT molecular complexity index is 497. The molecule has 0 heterocycles. The molecule has 0 fully saturated rings. The van der Waals surface area contributed by atoms with E-state index >= 15 is 0 Å². The van der Waals surface area contributed by atoms with Gasteiger partial charge in [-0.25, -0.2) is 5.43 Å². The fraction of sp³-hybridized carbons (Fsp3) is 0.529. The van der Waals surface area contributed by atoms with Gasteiger partial charge >= 0.3 is 0 Å². The molecule has 0 atom stereocenters. The van der Waals surface area contributed by atoms with Gasteiger partial charge in [-0.3, -0.25) is 4.79 Å². The zero-order valence-corrected chi connectivity index (χ0v) is 13.9. The first-order valence-electron chi connectivity index (χ1n) is 7.26. The molecule has 0 saturated heterocycles. The van der Waals surface area contributed by atoms with Gasteiger partial charge in [0.1, 0.15) is 5.75 Å². The van der Waals surface area contributed by atoms with Crippen LogP contribution < -0.4 is 10.2 Å². The highest BCUT2D eigenvalue weighted by Gasteiger charge is 2.14. The van der Waals surface area contributed by atoms with Crippen molar-refractivity contribution in [1.29, 1.82) is 0 Å². The number of nitrogens with zero attached hydrogens (tertiary/aromatic N) is 1. The predicted octanol–water partition coefficient (Wildman–Crippen LogP) is 3.73. The van der Waals surface area contributed by atoms with Crippen LogP contribution >= 0.6 is 0 Å². The smallest absolute Gasteiger partial charge is 0.277 e. The minimum Gasteiger partial charge on any atom is -0.484 e. The molecular weight excluding hydrogens is 264 g/mol. The first-order valence-corrected chi connectivity index (χ1v) is 7.26. The van der Waals surface area contributed by atoms with Crippen LogP contribution in [0.25, 0.3) is 0 Å². The molecule has 116 valence electrons. The summed E-state index contributed by atoms with van der Waals surface area (Å²) in [5, 5.41) is 4.08. The van der Waals surface area contributed by atoms with Crippen molar-refractivity contribution >= 4 is 11.6 Å². The molecule has 0 bridgehead atoms. The molecular formula is C17H26N2O2. The molecule has 1 amide bonds. The number of nitrogens with one attached hydrogen (secondary N) is 1. The zero-order chi connectivity index (χ0) is 16.0. The maximum Gasteiger partial charge on any atom is 0.277 e. The van der Waals surface area contributed by atoms with Crippen LogP contribution in [0.2, 0.25) is 0 Å². The first kappa shape index (κ1) is 17.2. The summed E-state index contributed by atoms with van der Waals surface area (Å²) < 4.78 is 5.44. The topological polar surface area (TPSA) is 50.7 Å². The number of hydrogen-bond donors (Lipinski definition) is 1. The van der Waals surface area contributed by atoms with Gasteiger partial charge in [0.25, 0.3) is 5.91 Å². The lowest BCUT2D eigenvalue weighted by Crippen LogP contribution is -2.28. The summed E-state index contributed by atoms with van der Waals surface area (Å²) >= 11 is 0. The summed E-state index contributed by atoms with van der Waals surface area (Å²) in [5.74, 6) is 0.912. The van der Waals surface area contributed by atoms with Crippen LogP contribution in [-0.4, -0.2) is 18.2 Å². The van der Waals surface area contributed by atoms with E-state index in [1.165, 1.54) is 5.56 Å². The molecule has 0 aliphatic carbocycles. The molecule has 0 spiro atoms. The molecule has 1 aromatic rings. The van der Waals surface area contributed by atoms with E-state index in [2.05, 4.69) is 24.4 Å². The lowest BCUT2D eigenvalue weighted by Gasteiger charge is -2.17. The van der Waals surface area contributed by atoms with Crippen molar-refractivity contribution in [3.05, 3.63) is 29.8 Å². The lowest BCUT2D eigenvalue weighted by molar-refractivity contribution is -0.123. The third-order valence-electron chi connectivity index (χ3n) is 3.35. The van der Waals surface area contributed by atoms with Crippen molar-refractivity contribution in [3.8, 4) is 5.75 Å². The van der Waals surface area contributed by atoms with Crippen LogP contribution in [0, 0.1) is 5.41 Å². The van der Waals surface area contributed by atoms with E-state index < -0.39 is 0 Å². The van der Waals surface area contributed by atoms with E-state index in [1.54, 1.807) is 0 Å². The van der Waals surface area contributed by atoms with Gasteiger partial charge in [-0.05, 0) is 30.5 Å². The number of carbonyl (C=O) groups excluding carboxylic acids is 1. The van der Waals surface area contributed by atoms with Crippen molar-refractivity contribution in [2.45, 2.75) is 47.5 Å². The molecule has 0 radical (unpaired) electrons. The molecule has 4 nitrogen and oxygen atoms in total. The highest BCUT2D eigenvalue weighted by Crippen LogP contribution is 2.18. The van der Waals surface area contributed by atoms with Gasteiger partial charge in [0.15, 0.2) is 6.61 Å². The molecule has 0 aliphatic heterocycles. The van der Waals surface area contributed by atoms with E-state index in [-0.39, 0.29) is 17.9 Å². The van der Waals surface area contributed by atoms with Crippen LogP contribution in [0.15, 0.2) is 29.4 Å². The Balaban J connectivity index is 2.46. The van der Waals surface area contributed by atoms with E-state index in [0.29, 0.717) is 11.7 Å². The molecule has 0 aromatic heterocycles. The van der Waals surface area contributed by atoms with Crippen molar-refractivity contribution in [2.24, 2.45) is 10.5 Å². The average Bonchev–Trinajstić information content (AvgIpc) is 2.41. The Kier molecular flexibility index (Phi) is 5.94. The maximum atomic E-state index is 11.7. The predicted molar refractivity (Wildman–Crippen MR) is 86.7 cm³/mol. The Hall–Kier alpha value is -1.84. The molecule has 1 N–H and O–H groups in total. The van der Waals surface area contributed by atoms with Crippen molar-refractivity contribution in [3.63, 3.8) is 0 Å². The molecule has 0 unspecified atom stereocenters. The summed E-state index contributed by atoms with van der Waals surface area (Å²) in [6.07, 6.45) is 0. The minimum absolute atomic E-state index is 0.0397. The van der Waals surface area contributed by atoms with Crippen molar-refractivity contribution in [1.82, 2.24) is 5.43 Å². The second kappa shape index (κ2) is 7.25. The number of ether oxygens (including phenoxy) is 1. The summed E-state index contributed by atoms with van der Waals surface area (Å²) in [6.45, 7) is 12.3. The second-order valence-electron chi connectivity index (χ2n) is 6.49. The lowest BCUT2D eigenvalue weighted by atomic mass is 9.91. The maximum absolute atomic E-state index is 11.7. The van der Waals surface area contributed by atoms with E-state index in [9.17, 15) is 4.79 Å². The summed E-state index contributed by atoms with van der Waals surface area (Å²) in [7, 11) is 0. The number of amides is 1. The monoisotopic (exact) mass is 290 g/mol. The van der Waals surface area contributed by atoms with Crippen molar-refractivity contribution < 1.29 is 9.53 Å². The highest BCUT2D eigenvalue weighted by molar-refractivity contribution is 5.88. The third kappa shape index (κ3) is 5.98. The zero-order valence-electron chi connectivity index (χ0n) is 13.9. The molecule has 0 saturated carbocycles. The van der Waals surface area contributed by atoms with E-state index in [4.69, 9.17) is 4.74 Å². The van der Waals surface area contributed by atoms with Gasteiger partial charge in [0.2, 0.25) is 0 Å². The summed E-state index contributed by atoms with van der Waals surface area (Å²) in [5.41, 5.74) is 4.58. The largest absolute Gasteiger partial charge is 0.484 e.